The lowest BCUT2D eigenvalue weighted by Gasteiger charge is -2.27. The topological polar surface area (TPSA) is 102 Å². The zero-order valence-corrected chi connectivity index (χ0v) is 17.5. The molecule has 1 aliphatic rings. The summed E-state index contributed by atoms with van der Waals surface area (Å²) in [5, 5.41) is 4.45. The van der Waals surface area contributed by atoms with Crippen molar-refractivity contribution >= 4 is 40.3 Å². The Hall–Kier alpha value is -2.09. The Labute approximate surface area is 178 Å². The number of H-pyrrole nitrogens is 1. The van der Waals surface area contributed by atoms with E-state index in [1.807, 2.05) is 0 Å². The fraction of sp³-hybridized carbons (Fsp3) is 0.450. The van der Waals surface area contributed by atoms with Crippen LogP contribution >= 0.6 is 23.2 Å². The highest BCUT2D eigenvalue weighted by Crippen LogP contribution is 2.28. The quantitative estimate of drug-likeness (QED) is 0.549. The number of rotatable bonds is 6. The van der Waals surface area contributed by atoms with Crippen LogP contribution in [0.5, 0.6) is 0 Å². The molecule has 1 aromatic carbocycles. The van der Waals surface area contributed by atoms with E-state index in [1.54, 1.807) is 29.0 Å². The van der Waals surface area contributed by atoms with E-state index in [1.165, 1.54) is 25.7 Å². The molecule has 0 unspecified atom stereocenters. The summed E-state index contributed by atoms with van der Waals surface area (Å²) in [5.41, 5.74) is 7.39. The van der Waals surface area contributed by atoms with Gasteiger partial charge in [0.1, 0.15) is 5.52 Å². The third-order valence-electron chi connectivity index (χ3n) is 5.70. The van der Waals surface area contributed by atoms with Crippen LogP contribution in [0, 0.1) is 11.8 Å². The van der Waals surface area contributed by atoms with Gasteiger partial charge < -0.3 is 16.0 Å². The van der Waals surface area contributed by atoms with E-state index < -0.39 is 0 Å². The number of halogens is 2. The average molecular weight is 435 g/mol. The van der Waals surface area contributed by atoms with Crippen LogP contribution in [0.25, 0.3) is 11.2 Å². The molecule has 4 rings (SSSR count). The molecule has 0 spiro atoms. The second kappa shape index (κ2) is 8.73. The van der Waals surface area contributed by atoms with Crippen molar-refractivity contribution in [1.29, 1.82) is 0 Å². The number of imidazole rings is 1. The van der Waals surface area contributed by atoms with Crippen LogP contribution in [0.4, 0.5) is 5.95 Å². The Balaban J connectivity index is 1.52. The molecule has 1 fully saturated rings. The molecule has 4 N–H and O–H groups in total. The van der Waals surface area contributed by atoms with E-state index in [-0.39, 0.29) is 12.2 Å². The first-order chi connectivity index (χ1) is 14.0. The first-order valence-corrected chi connectivity index (χ1v) is 10.6. The van der Waals surface area contributed by atoms with E-state index in [0.29, 0.717) is 39.0 Å². The van der Waals surface area contributed by atoms with Crippen LogP contribution in [0.15, 0.2) is 29.2 Å². The maximum absolute atomic E-state index is 12.4. The number of fused-ring (bicyclic) bond motifs is 1. The molecule has 9 heteroatoms. The summed E-state index contributed by atoms with van der Waals surface area (Å²) in [6.45, 7) is 1.87. The summed E-state index contributed by atoms with van der Waals surface area (Å²) < 4.78 is 1.55. The van der Waals surface area contributed by atoms with E-state index in [9.17, 15) is 4.79 Å². The number of anilines is 1. The summed E-state index contributed by atoms with van der Waals surface area (Å²) >= 11 is 12.3. The Morgan fingerprint density at radius 2 is 1.97 bits per heavy atom. The van der Waals surface area contributed by atoms with Crippen molar-refractivity contribution in [3.8, 4) is 0 Å². The van der Waals surface area contributed by atoms with Crippen LogP contribution in [-0.4, -0.2) is 32.6 Å². The number of nitrogens with one attached hydrogen (secondary N) is 2. The minimum Gasteiger partial charge on any atom is -0.354 e. The van der Waals surface area contributed by atoms with Crippen molar-refractivity contribution in [1.82, 2.24) is 19.5 Å². The predicted octanol–water partition coefficient (Wildman–Crippen LogP) is 3.65. The van der Waals surface area contributed by atoms with Gasteiger partial charge in [-0.05, 0) is 67.8 Å². The lowest BCUT2D eigenvalue weighted by atomic mass is 9.82. The summed E-state index contributed by atoms with van der Waals surface area (Å²) in [6.07, 6.45) is 6.33. The van der Waals surface area contributed by atoms with Gasteiger partial charge in [-0.3, -0.25) is 4.57 Å². The van der Waals surface area contributed by atoms with Gasteiger partial charge in [-0.1, -0.05) is 23.2 Å². The highest BCUT2D eigenvalue weighted by atomic mass is 35.5. The van der Waals surface area contributed by atoms with Crippen molar-refractivity contribution in [2.45, 2.75) is 32.2 Å². The number of hydrogen-bond donors (Lipinski definition) is 3. The lowest BCUT2D eigenvalue weighted by molar-refractivity contribution is 0.289. The second-order valence-electron chi connectivity index (χ2n) is 7.69. The van der Waals surface area contributed by atoms with Crippen molar-refractivity contribution in [2.75, 3.05) is 18.4 Å². The number of benzene rings is 1. The lowest BCUT2D eigenvalue weighted by Crippen LogP contribution is -2.25. The maximum Gasteiger partial charge on any atom is 0.328 e. The van der Waals surface area contributed by atoms with Gasteiger partial charge in [-0.15, -0.1) is 0 Å². The fourth-order valence-corrected chi connectivity index (χ4v) is 4.29. The molecule has 2 aromatic heterocycles. The molecule has 0 aliphatic heterocycles. The van der Waals surface area contributed by atoms with Crippen molar-refractivity contribution in [3.05, 3.63) is 50.5 Å². The third kappa shape index (κ3) is 4.57. The molecule has 3 aromatic rings. The van der Waals surface area contributed by atoms with Crippen molar-refractivity contribution in [3.63, 3.8) is 0 Å². The monoisotopic (exact) mass is 434 g/mol. The number of aromatic amines is 1. The minimum absolute atomic E-state index is 0.261. The molecule has 2 heterocycles. The SMILES string of the molecule is NCC1CCC(CNc2ncc3[nH]c(=O)n(Cc4cc(Cl)ccc4Cl)c3n2)CC1. The van der Waals surface area contributed by atoms with E-state index in [2.05, 4.69) is 20.3 Å². The summed E-state index contributed by atoms with van der Waals surface area (Å²) in [6, 6.07) is 5.20. The van der Waals surface area contributed by atoms with Gasteiger partial charge in [0, 0.05) is 16.6 Å². The fourth-order valence-electron chi connectivity index (χ4n) is 3.92. The molecule has 0 saturated heterocycles. The smallest absolute Gasteiger partial charge is 0.328 e. The standard InChI is InChI=1S/C20H24Cl2N6O/c21-15-5-6-16(22)14(7-15)11-28-18-17(26-20(28)29)10-25-19(27-18)24-9-13-3-1-12(8-23)2-4-13/h5-7,10,12-13H,1-4,8-9,11,23H2,(H,26,29)(H,24,25,27). The van der Waals surface area contributed by atoms with Gasteiger partial charge in [0.15, 0.2) is 5.65 Å². The van der Waals surface area contributed by atoms with Gasteiger partial charge in [-0.2, -0.15) is 4.98 Å². The summed E-state index contributed by atoms with van der Waals surface area (Å²) in [4.78, 5) is 24.2. The van der Waals surface area contributed by atoms with E-state index in [0.717, 1.165) is 18.7 Å². The minimum atomic E-state index is -0.261. The molecule has 0 bridgehead atoms. The van der Waals surface area contributed by atoms with Crippen molar-refractivity contribution < 1.29 is 0 Å². The Morgan fingerprint density at radius 1 is 1.21 bits per heavy atom. The van der Waals surface area contributed by atoms with Crippen LogP contribution in [0.3, 0.4) is 0 Å². The molecule has 0 atom stereocenters. The van der Waals surface area contributed by atoms with E-state index >= 15 is 0 Å². The molecule has 154 valence electrons. The Bertz CT molecular complexity index is 1050. The van der Waals surface area contributed by atoms with Gasteiger partial charge in [0.2, 0.25) is 5.95 Å². The molecule has 29 heavy (non-hydrogen) atoms. The molecule has 7 nitrogen and oxygen atoms in total. The molecule has 0 radical (unpaired) electrons. The number of nitrogens with zero attached hydrogens (tertiary/aromatic N) is 3. The summed E-state index contributed by atoms with van der Waals surface area (Å²) in [7, 11) is 0. The number of nitrogens with two attached hydrogens (primary N) is 1. The maximum atomic E-state index is 12.4. The summed E-state index contributed by atoms with van der Waals surface area (Å²) in [5.74, 6) is 1.77. The van der Waals surface area contributed by atoms with Gasteiger partial charge in [0.05, 0.1) is 12.7 Å². The number of aromatic nitrogens is 4. The third-order valence-corrected chi connectivity index (χ3v) is 6.30. The highest BCUT2D eigenvalue weighted by molar-refractivity contribution is 6.33. The van der Waals surface area contributed by atoms with E-state index in [4.69, 9.17) is 28.9 Å². The zero-order chi connectivity index (χ0) is 20.4. The Morgan fingerprint density at radius 3 is 2.72 bits per heavy atom. The molecule has 0 amide bonds. The highest BCUT2D eigenvalue weighted by Gasteiger charge is 2.20. The van der Waals surface area contributed by atoms with Crippen LogP contribution in [0.1, 0.15) is 31.2 Å². The molecule has 1 aliphatic carbocycles. The molecule has 1 saturated carbocycles. The van der Waals surface area contributed by atoms with Gasteiger partial charge in [0.25, 0.3) is 0 Å². The molecular formula is C20H24Cl2N6O. The average Bonchev–Trinajstić information content (AvgIpc) is 3.04. The predicted molar refractivity (Wildman–Crippen MR) is 117 cm³/mol. The van der Waals surface area contributed by atoms with Crippen LogP contribution < -0.4 is 16.7 Å². The van der Waals surface area contributed by atoms with Gasteiger partial charge >= 0.3 is 5.69 Å². The van der Waals surface area contributed by atoms with Crippen LogP contribution in [0.2, 0.25) is 10.0 Å². The zero-order valence-electron chi connectivity index (χ0n) is 16.0. The molecular weight excluding hydrogens is 411 g/mol. The van der Waals surface area contributed by atoms with Crippen molar-refractivity contribution in [2.24, 2.45) is 17.6 Å². The first-order valence-electron chi connectivity index (χ1n) is 9.87. The Kier molecular flexibility index (Phi) is 6.08. The largest absolute Gasteiger partial charge is 0.354 e. The second-order valence-corrected chi connectivity index (χ2v) is 8.53. The van der Waals surface area contributed by atoms with Gasteiger partial charge in [-0.25, -0.2) is 9.78 Å². The first kappa shape index (κ1) is 20.2. The van der Waals surface area contributed by atoms with Crippen LogP contribution in [-0.2, 0) is 6.54 Å². The normalized spacial score (nSPS) is 19.6. The number of hydrogen-bond acceptors (Lipinski definition) is 5.